The smallest absolute Gasteiger partial charge is 0.167 e. The zero-order valence-electron chi connectivity index (χ0n) is 36.1. The van der Waals surface area contributed by atoms with Gasteiger partial charge in [0.1, 0.15) is 11.2 Å². The molecule has 50 heavy (non-hydrogen) atoms. The van der Waals surface area contributed by atoms with Crippen molar-refractivity contribution in [3.05, 3.63) is 170 Å². The van der Waals surface area contributed by atoms with Gasteiger partial charge in [0.2, 0.25) is 0 Å². The molecule has 0 aliphatic heterocycles. The molecule has 0 spiro atoms. The molecule has 0 atom stereocenters. The molecule has 0 fully saturated rings. The summed E-state index contributed by atoms with van der Waals surface area (Å²) < 4.78 is 93.0. The molecule has 10 aromatic rings. The summed E-state index contributed by atoms with van der Waals surface area (Å²) in [4.78, 5) is 13.6. The van der Waals surface area contributed by atoms with Crippen molar-refractivity contribution in [1.82, 2.24) is 19.5 Å². The minimum absolute atomic E-state index is 0.0706. The fraction of sp³-hybridized carbons (Fsp3) is 0. The van der Waals surface area contributed by atoms with Crippen molar-refractivity contribution in [1.29, 1.82) is 0 Å². The molecule has 5 heteroatoms. The molecule has 0 aliphatic rings. The molecule has 0 saturated carbocycles. The van der Waals surface area contributed by atoms with Gasteiger partial charge in [-0.2, -0.15) is 0 Å². The maximum atomic E-state index is 8.67. The van der Waals surface area contributed by atoms with Crippen LogP contribution in [0.25, 0.3) is 94.7 Å². The zero-order chi connectivity index (χ0) is 41.7. The van der Waals surface area contributed by atoms with Crippen LogP contribution in [0.15, 0.2) is 174 Å². The Bertz CT molecular complexity index is 3310. The van der Waals surface area contributed by atoms with E-state index in [4.69, 9.17) is 18.1 Å². The molecule has 5 nitrogen and oxygen atoms in total. The predicted octanol–water partition coefficient (Wildman–Crippen LogP) is 11.5. The van der Waals surface area contributed by atoms with Gasteiger partial charge in [-0.3, -0.25) is 0 Å². The molecule has 10 rings (SSSR count). The molecular formula is C45H28N4O. The first-order valence-electron chi connectivity index (χ1n) is 20.9. The first-order valence-corrected chi connectivity index (χ1v) is 15.9. The van der Waals surface area contributed by atoms with Gasteiger partial charge in [0.25, 0.3) is 0 Å². The third-order valence-electron chi connectivity index (χ3n) is 8.84. The van der Waals surface area contributed by atoms with Gasteiger partial charge in [0, 0.05) is 38.4 Å². The number of hydrogen-bond acceptors (Lipinski definition) is 4. The number of rotatable bonds is 5. The van der Waals surface area contributed by atoms with Gasteiger partial charge in [-0.15, -0.1) is 0 Å². The maximum Gasteiger partial charge on any atom is 0.167 e. The van der Waals surface area contributed by atoms with Crippen LogP contribution < -0.4 is 0 Å². The monoisotopic (exact) mass is 650 g/mol. The van der Waals surface area contributed by atoms with Gasteiger partial charge < -0.3 is 8.98 Å². The number of hydrogen-bond donors (Lipinski definition) is 0. The van der Waals surface area contributed by atoms with Crippen molar-refractivity contribution in [2.24, 2.45) is 0 Å². The zero-order valence-corrected chi connectivity index (χ0v) is 26.1. The normalized spacial score (nSPS) is 14.4. The van der Waals surface area contributed by atoms with Crippen LogP contribution in [0.3, 0.4) is 0 Å². The molecule has 0 aliphatic carbocycles. The second-order valence-corrected chi connectivity index (χ2v) is 11.7. The Labute approximate surface area is 301 Å². The average molecular weight is 651 g/mol. The largest absolute Gasteiger partial charge is 0.455 e. The van der Waals surface area contributed by atoms with Crippen LogP contribution >= 0.6 is 0 Å². The Kier molecular flexibility index (Phi) is 4.52. The van der Waals surface area contributed by atoms with E-state index >= 15 is 0 Å². The summed E-state index contributed by atoms with van der Waals surface area (Å²) in [5.74, 6) is -0.768. The third-order valence-corrected chi connectivity index (χ3v) is 8.84. The van der Waals surface area contributed by atoms with E-state index in [2.05, 4.69) is 62.0 Å². The van der Waals surface area contributed by atoms with E-state index in [0.29, 0.717) is 22.1 Å². The van der Waals surface area contributed by atoms with E-state index in [1.165, 1.54) is 0 Å². The first-order chi connectivity index (χ1) is 28.9. The molecular weight excluding hydrogens is 613 g/mol. The second-order valence-electron chi connectivity index (χ2n) is 11.7. The van der Waals surface area contributed by atoms with Gasteiger partial charge in [0.15, 0.2) is 17.5 Å². The van der Waals surface area contributed by atoms with Crippen LogP contribution in [0.1, 0.15) is 13.7 Å². The first kappa shape index (κ1) is 19.8. The van der Waals surface area contributed by atoms with Crippen molar-refractivity contribution in [2.45, 2.75) is 0 Å². The molecule has 7 aromatic carbocycles. The Morgan fingerprint density at radius 1 is 0.460 bits per heavy atom. The summed E-state index contributed by atoms with van der Waals surface area (Å²) in [6.07, 6.45) is 0. The molecule has 0 unspecified atom stereocenters. The highest BCUT2D eigenvalue weighted by Crippen LogP contribution is 2.39. The molecule has 3 heterocycles. The molecule has 0 bridgehead atoms. The van der Waals surface area contributed by atoms with E-state index in [-0.39, 0.29) is 28.6 Å². The SMILES string of the molecule is [2H]c1c([2H])c([2H])c(-c2nc(-c3c([2H])c([2H])c([2H])c([2H])c3[2H])nc(-c3cccc4c3oc3cc(-c5ccc6c(c5)c5ccccc5n6-c5ccccc5)ccc34)n2)c([2H])c1[2H]. The second kappa shape index (κ2) is 11.4. The Hall–Kier alpha value is -6.85. The highest BCUT2D eigenvalue weighted by atomic mass is 16.3. The molecule has 3 aromatic heterocycles. The predicted molar refractivity (Wildman–Crippen MR) is 203 cm³/mol. The van der Waals surface area contributed by atoms with E-state index in [0.717, 1.165) is 44.0 Å². The summed E-state index contributed by atoms with van der Waals surface area (Å²) >= 11 is 0. The standard InChI is InChI=1S/C45H28N4O/c1-4-13-29(14-5-1)43-46-44(30-15-6-2-7-16-30)48-45(47-43)37-21-12-20-36-35-25-23-32(28-41(35)50-42(36)37)31-24-26-40-38(27-31)34-19-10-11-22-39(34)49(40)33-17-8-3-9-18-33/h1-28H/i1D,2D,4D,5D,6D,7D,13D,14D,15D,16D. The van der Waals surface area contributed by atoms with Crippen molar-refractivity contribution in [2.75, 3.05) is 0 Å². The van der Waals surface area contributed by atoms with Crippen LogP contribution in [-0.2, 0) is 0 Å². The quantitative estimate of drug-likeness (QED) is 0.186. The fourth-order valence-corrected chi connectivity index (χ4v) is 6.61. The van der Waals surface area contributed by atoms with Gasteiger partial charge in [-0.1, -0.05) is 121 Å². The molecule has 0 N–H and O–H groups in total. The van der Waals surface area contributed by atoms with Gasteiger partial charge in [0.05, 0.1) is 30.3 Å². The lowest BCUT2D eigenvalue weighted by molar-refractivity contribution is 0.669. The van der Waals surface area contributed by atoms with Gasteiger partial charge in [-0.25, -0.2) is 15.0 Å². The number of benzene rings is 7. The van der Waals surface area contributed by atoms with Gasteiger partial charge in [-0.05, 0) is 59.7 Å². The van der Waals surface area contributed by atoms with Crippen molar-refractivity contribution < 1.29 is 18.1 Å². The Morgan fingerprint density at radius 3 is 1.84 bits per heavy atom. The van der Waals surface area contributed by atoms with Crippen LogP contribution in [0.4, 0.5) is 0 Å². The number of para-hydroxylation sites is 3. The van der Waals surface area contributed by atoms with Crippen molar-refractivity contribution in [3.63, 3.8) is 0 Å². The highest BCUT2D eigenvalue weighted by Gasteiger charge is 2.19. The van der Waals surface area contributed by atoms with E-state index in [1.54, 1.807) is 12.1 Å². The van der Waals surface area contributed by atoms with E-state index < -0.39 is 60.4 Å². The van der Waals surface area contributed by atoms with Crippen LogP contribution in [0, 0.1) is 0 Å². The maximum absolute atomic E-state index is 8.67. The molecule has 234 valence electrons. The molecule has 0 saturated heterocycles. The van der Waals surface area contributed by atoms with Crippen LogP contribution in [0.2, 0.25) is 0 Å². The highest BCUT2D eigenvalue weighted by molar-refractivity contribution is 6.12. The average Bonchev–Trinajstić information content (AvgIpc) is 3.82. The van der Waals surface area contributed by atoms with E-state index in [1.807, 2.05) is 54.6 Å². The molecule has 0 amide bonds. The lowest BCUT2D eigenvalue weighted by Gasteiger charge is -2.08. The minimum Gasteiger partial charge on any atom is -0.455 e. The Morgan fingerprint density at radius 2 is 1.08 bits per heavy atom. The van der Waals surface area contributed by atoms with Gasteiger partial charge >= 0.3 is 0 Å². The summed E-state index contributed by atoms with van der Waals surface area (Å²) in [6, 6.07) is 30.2. The minimum atomic E-state index is -0.617. The number of nitrogens with zero attached hydrogens (tertiary/aromatic N) is 4. The van der Waals surface area contributed by atoms with Crippen LogP contribution in [0.5, 0.6) is 0 Å². The third kappa shape index (κ3) is 4.60. The Balaban J connectivity index is 1.17. The molecule has 0 radical (unpaired) electrons. The van der Waals surface area contributed by atoms with E-state index in [9.17, 15) is 0 Å². The lowest BCUT2D eigenvalue weighted by Crippen LogP contribution is -2.00. The topological polar surface area (TPSA) is 56.7 Å². The van der Waals surface area contributed by atoms with Crippen molar-refractivity contribution >= 4 is 43.7 Å². The fourth-order valence-electron chi connectivity index (χ4n) is 6.61. The summed E-state index contributed by atoms with van der Waals surface area (Å²) in [5.41, 5.74) is 5.71. The van der Waals surface area contributed by atoms with Crippen LogP contribution in [-0.4, -0.2) is 19.5 Å². The number of fused-ring (bicyclic) bond motifs is 6. The lowest BCUT2D eigenvalue weighted by atomic mass is 10.0. The number of furan rings is 1. The summed E-state index contributed by atoms with van der Waals surface area (Å²) in [6.45, 7) is 0. The van der Waals surface area contributed by atoms with Crippen molar-refractivity contribution in [3.8, 4) is 51.0 Å². The number of aromatic nitrogens is 4. The summed E-state index contributed by atoms with van der Waals surface area (Å²) in [7, 11) is 0. The summed E-state index contributed by atoms with van der Waals surface area (Å²) in [5, 5.41) is 3.72.